The molecule has 3 heteroatoms. The molecule has 0 aromatic carbocycles. The summed E-state index contributed by atoms with van der Waals surface area (Å²) in [5, 5.41) is 8.21. The van der Waals surface area contributed by atoms with E-state index in [0.29, 0.717) is 12.1 Å². The fraction of sp³-hybridized carbons (Fsp3) is 0.556. The molecule has 2 aromatic heterocycles. The second kappa shape index (κ2) is 9.39. The third-order valence-corrected chi connectivity index (χ3v) is 5.73. The Kier molecular flexibility index (Phi) is 7.48. The normalized spacial score (nSPS) is 14.2. The monoisotopic (exact) mass is 321 g/mol. The minimum atomic E-state index is 0.463. The van der Waals surface area contributed by atoms with Crippen LogP contribution in [0.25, 0.3) is 0 Å². The minimum Gasteiger partial charge on any atom is -0.306 e. The number of unbranched alkanes of at least 4 members (excludes halogenated alkanes) is 3. The molecule has 0 bridgehead atoms. The van der Waals surface area contributed by atoms with Gasteiger partial charge >= 0.3 is 0 Å². The second-order valence-corrected chi connectivity index (χ2v) is 7.78. The van der Waals surface area contributed by atoms with Gasteiger partial charge in [0, 0.05) is 28.3 Å². The zero-order valence-corrected chi connectivity index (χ0v) is 14.8. The number of hydrogen-bond acceptors (Lipinski definition) is 3. The van der Waals surface area contributed by atoms with Crippen LogP contribution in [0.1, 0.15) is 61.7 Å². The van der Waals surface area contributed by atoms with E-state index in [1.54, 1.807) is 0 Å². The molecule has 1 nitrogen and oxygen atoms in total. The van der Waals surface area contributed by atoms with Crippen molar-refractivity contribution < 1.29 is 0 Å². The molecule has 116 valence electrons. The van der Waals surface area contributed by atoms with E-state index in [9.17, 15) is 0 Å². The molecule has 0 aliphatic heterocycles. The van der Waals surface area contributed by atoms with Crippen LogP contribution >= 0.6 is 22.7 Å². The van der Waals surface area contributed by atoms with Gasteiger partial charge in [0.2, 0.25) is 0 Å². The summed E-state index contributed by atoms with van der Waals surface area (Å²) >= 11 is 3.73. The summed E-state index contributed by atoms with van der Waals surface area (Å²) in [6.07, 6.45) is 7.80. The maximum absolute atomic E-state index is 3.85. The summed E-state index contributed by atoms with van der Waals surface area (Å²) in [5.41, 5.74) is 0. The SMILES string of the molecule is CCCCCCC(C)NC(Cc1cccs1)c1cccs1. The average molecular weight is 322 g/mol. The molecule has 0 fully saturated rings. The van der Waals surface area contributed by atoms with Crippen LogP contribution in [0.2, 0.25) is 0 Å². The van der Waals surface area contributed by atoms with E-state index in [-0.39, 0.29) is 0 Å². The molecule has 1 N–H and O–H groups in total. The van der Waals surface area contributed by atoms with E-state index < -0.39 is 0 Å². The van der Waals surface area contributed by atoms with E-state index in [0.717, 1.165) is 6.42 Å². The second-order valence-electron chi connectivity index (χ2n) is 5.77. The Balaban J connectivity index is 1.87. The van der Waals surface area contributed by atoms with E-state index in [1.165, 1.54) is 41.9 Å². The van der Waals surface area contributed by atoms with Crippen LogP contribution in [-0.4, -0.2) is 6.04 Å². The number of thiophene rings is 2. The van der Waals surface area contributed by atoms with Gasteiger partial charge in [0.05, 0.1) is 0 Å². The molecular weight excluding hydrogens is 294 g/mol. The highest BCUT2D eigenvalue weighted by Crippen LogP contribution is 2.26. The van der Waals surface area contributed by atoms with E-state index in [4.69, 9.17) is 0 Å². The first kappa shape index (κ1) is 16.7. The molecule has 2 unspecified atom stereocenters. The van der Waals surface area contributed by atoms with E-state index in [1.807, 2.05) is 22.7 Å². The van der Waals surface area contributed by atoms with Crippen molar-refractivity contribution in [1.82, 2.24) is 5.32 Å². The zero-order valence-electron chi connectivity index (χ0n) is 13.2. The van der Waals surface area contributed by atoms with Crippen LogP contribution in [-0.2, 0) is 6.42 Å². The number of nitrogens with one attached hydrogen (secondary N) is 1. The Hall–Kier alpha value is -0.640. The van der Waals surface area contributed by atoms with Crippen LogP contribution < -0.4 is 5.32 Å². The van der Waals surface area contributed by atoms with Crippen molar-refractivity contribution in [3.05, 3.63) is 44.8 Å². The summed E-state index contributed by atoms with van der Waals surface area (Å²) in [6.45, 7) is 4.61. The van der Waals surface area contributed by atoms with Crippen molar-refractivity contribution >= 4 is 22.7 Å². The molecule has 2 aromatic rings. The molecule has 2 rings (SSSR count). The molecule has 0 saturated heterocycles. The molecule has 0 aliphatic rings. The highest BCUT2D eigenvalue weighted by Gasteiger charge is 2.16. The number of rotatable bonds is 10. The molecular formula is C18H27NS2. The summed E-state index contributed by atoms with van der Waals surface area (Å²) in [6, 6.07) is 9.88. The third kappa shape index (κ3) is 5.93. The van der Waals surface area contributed by atoms with Gasteiger partial charge in [0.25, 0.3) is 0 Å². The van der Waals surface area contributed by atoms with Crippen molar-refractivity contribution in [3.8, 4) is 0 Å². The fourth-order valence-electron chi connectivity index (χ4n) is 2.67. The summed E-state index contributed by atoms with van der Waals surface area (Å²) in [4.78, 5) is 2.93. The van der Waals surface area contributed by atoms with E-state index >= 15 is 0 Å². The van der Waals surface area contributed by atoms with Crippen molar-refractivity contribution in [2.75, 3.05) is 0 Å². The molecule has 21 heavy (non-hydrogen) atoms. The molecule has 2 atom stereocenters. The van der Waals surface area contributed by atoms with Gasteiger partial charge in [-0.1, -0.05) is 44.7 Å². The Morgan fingerprint density at radius 3 is 2.52 bits per heavy atom. The molecule has 2 heterocycles. The summed E-state index contributed by atoms with van der Waals surface area (Å²) < 4.78 is 0. The average Bonchev–Trinajstić information content (AvgIpc) is 3.15. The lowest BCUT2D eigenvalue weighted by Gasteiger charge is -2.22. The van der Waals surface area contributed by atoms with Crippen LogP contribution in [0.5, 0.6) is 0 Å². The lowest BCUT2D eigenvalue weighted by atomic mass is 10.1. The molecule has 0 spiro atoms. The topological polar surface area (TPSA) is 12.0 Å². The maximum Gasteiger partial charge on any atom is 0.0465 e. The molecule has 0 radical (unpaired) electrons. The lowest BCUT2D eigenvalue weighted by molar-refractivity contribution is 0.424. The fourth-order valence-corrected chi connectivity index (χ4v) is 4.20. The van der Waals surface area contributed by atoms with Crippen LogP contribution in [0.15, 0.2) is 35.0 Å². The van der Waals surface area contributed by atoms with Gasteiger partial charge < -0.3 is 5.32 Å². The zero-order chi connectivity index (χ0) is 14.9. The standard InChI is InChI=1S/C18H27NS2/c1-3-4-5-6-9-15(2)19-17(18-11-8-13-21-18)14-16-10-7-12-20-16/h7-8,10-13,15,17,19H,3-6,9,14H2,1-2H3. The van der Waals surface area contributed by atoms with Crippen LogP contribution in [0.3, 0.4) is 0 Å². The smallest absolute Gasteiger partial charge is 0.0465 e. The first-order valence-electron chi connectivity index (χ1n) is 8.11. The van der Waals surface area contributed by atoms with Crippen LogP contribution in [0, 0.1) is 0 Å². The van der Waals surface area contributed by atoms with Crippen molar-refractivity contribution in [1.29, 1.82) is 0 Å². The highest BCUT2D eigenvalue weighted by atomic mass is 32.1. The summed E-state index contributed by atoms with van der Waals surface area (Å²) in [5.74, 6) is 0. The van der Waals surface area contributed by atoms with Gasteiger partial charge in [-0.25, -0.2) is 0 Å². The first-order valence-corrected chi connectivity index (χ1v) is 9.87. The minimum absolute atomic E-state index is 0.463. The van der Waals surface area contributed by atoms with Gasteiger partial charge in [-0.3, -0.25) is 0 Å². The largest absolute Gasteiger partial charge is 0.306 e. The molecule has 0 aliphatic carbocycles. The van der Waals surface area contributed by atoms with Gasteiger partial charge in [0.15, 0.2) is 0 Å². The van der Waals surface area contributed by atoms with Gasteiger partial charge in [-0.15, -0.1) is 22.7 Å². The molecule has 0 saturated carbocycles. The maximum atomic E-state index is 3.85. The quantitative estimate of drug-likeness (QED) is 0.526. The van der Waals surface area contributed by atoms with Crippen molar-refractivity contribution in [2.24, 2.45) is 0 Å². The Bertz CT molecular complexity index is 461. The number of hydrogen-bond donors (Lipinski definition) is 1. The summed E-state index contributed by atoms with van der Waals surface area (Å²) in [7, 11) is 0. The van der Waals surface area contributed by atoms with Crippen molar-refractivity contribution in [3.63, 3.8) is 0 Å². The lowest BCUT2D eigenvalue weighted by Crippen LogP contribution is -2.31. The molecule has 0 amide bonds. The van der Waals surface area contributed by atoms with Crippen molar-refractivity contribution in [2.45, 2.75) is 64.5 Å². The third-order valence-electron chi connectivity index (χ3n) is 3.85. The van der Waals surface area contributed by atoms with Gasteiger partial charge in [-0.05, 0) is 36.2 Å². The predicted molar refractivity (Wildman–Crippen MR) is 96.4 cm³/mol. The predicted octanol–water partition coefficient (Wildman–Crippen LogP) is 6.04. The Morgan fingerprint density at radius 1 is 1.05 bits per heavy atom. The first-order chi connectivity index (χ1) is 10.3. The van der Waals surface area contributed by atoms with Gasteiger partial charge in [0.1, 0.15) is 0 Å². The van der Waals surface area contributed by atoms with E-state index in [2.05, 4.69) is 54.2 Å². The Labute approximate surface area is 137 Å². The van der Waals surface area contributed by atoms with Gasteiger partial charge in [-0.2, -0.15) is 0 Å². The highest BCUT2D eigenvalue weighted by molar-refractivity contribution is 7.10. The van der Waals surface area contributed by atoms with Crippen LogP contribution in [0.4, 0.5) is 0 Å². The Morgan fingerprint density at radius 2 is 1.86 bits per heavy atom.